The fourth-order valence-corrected chi connectivity index (χ4v) is 3.46. The van der Waals surface area contributed by atoms with Crippen LogP contribution >= 0.6 is 0 Å². The summed E-state index contributed by atoms with van der Waals surface area (Å²) >= 11 is -2.38. The van der Waals surface area contributed by atoms with Gasteiger partial charge in [0.15, 0.2) is 0 Å². The van der Waals surface area contributed by atoms with Gasteiger partial charge in [0.2, 0.25) is 5.91 Å². The zero-order chi connectivity index (χ0) is 14.7. The maximum Gasteiger partial charge on any atom is 0.325 e. The molecule has 0 aromatic rings. The van der Waals surface area contributed by atoms with Gasteiger partial charge in [-0.1, -0.05) is 6.58 Å². The van der Waals surface area contributed by atoms with Crippen LogP contribution in [0.3, 0.4) is 0 Å². The van der Waals surface area contributed by atoms with E-state index in [1.165, 1.54) is 0 Å². The van der Waals surface area contributed by atoms with Crippen molar-refractivity contribution in [3.63, 3.8) is 0 Å². The van der Waals surface area contributed by atoms with Crippen LogP contribution in [-0.2, 0) is 29.9 Å². The molecule has 2 fully saturated rings. The van der Waals surface area contributed by atoms with E-state index in [1.54, 1.807) is 0 Å². The third-order valence-electron chi connectivity index (χ3n) is 3.82. The minimum Gasteiger partial charge on any atom is -0.458 e. The third-order valence-corrected chi connectivity index (χ3v) is 4.21. The molecule has 5 unspecified atom stereocenters. The first-order valence-electron chi connectivity index (χ1n) is 6.39. The largest absolute Gasteiger partial charge is 0.458 e. The molecule has 1 amide bonds. The number of amides is 1. The van der Waals surface area contributed by atoms with Crippen LogP contribution in [0.4, 0.5) is 0 Å². The molecule has 0 aromatic heterocycles. The molecule has 2 aliphatic carbocycles. The van der Waals surface area contributed by atoms with E-state index in [-0.39, 0.29) is 18.4 Å². The maximum atomic E-state index is 11.7. The Morgan fingerprint density at radius 2 is 2.00 bits per heavy atom. The van der Waals surface area contributed by atoms with E-state index in [0.29, 0.717) is 0 Å². The number of fused-ring (bicyclic) bond motifs is 2. The van der Waals surface area contributed by atoms with Gasteiger partial charge >= 0.3 is 17.3 Å². The second-order valence-corrected chi connectivity index (χ2v) is 5.61. The Morgan fingerprint density at radius 3 is 2.60 bits per heavy atom. The van der Waals surface area contributed by atoms with E-state index < -0.39 is 35.4 Å². The molecule has 0 aliphatic heterocycles. The van der Waals surface area contributed by atoms with Gasteiger partial charge in [-0.05, 0) is 37.2 Å². The molecule has 2 N–H and O–H groups in total. The Bertz CT molecular complexity index is 440. The molecule has 0 spiro atoms. The minimum atomic E-state index is -2.38. The van der Waals surface area contributed by atoms with Gasteiger partial charge in [-0.25, -0.2) is 0 Å². The number of nitrogens with one attached hydrogen (secondary N) is 1. The SMILES string of the molecule is C=CC(=O)NCC(=O)OC1C2CCC(C2)C1OS(=O)O. The predicted molar refractivity (Wildman–Crippen MR) is 69.6 cm³/mol. The molecule has 0 heterocycles. The summed E-state index contributed by atoms with van der Waals surface area (Å²) in [5.41, 5.74) is 0. The van der Waals surface area contributed by atoms with Gasteiger partial charge in [0, 0.05) is 0 Å². The zero-order valence-electron chi connectivity index (χ0n) is 10.8. The Labute approximate surface area is 119 Å². The topological polar surface area (TPSA) is 102 Å². The van der Waals surface area contributed by atoms with Crippen LogP contribution in [0, 0.1) is 11.8 Å². The molecule has 0 radical (unpaired) electrons. The molecule has 0 aromatic carbocycles. The van der Waals surface area contributed by atoms with Crippen LogP contribution in [0.1, 0.15) is 19.3 Å². The molecule has 0 saturated heterocycles. The highest BCUT2D eigenvalue weighted by molar-refractivity contribution is 7.74. The summed E-state index contributed by atoms with van der Waals surface area (Å²) in [4.78, 5) is 22.6. The van der Waals surface area contributed by atoms with E-state index in [4.69, 9.17) is 13.5 Å². The maximum absolute atomic E-state index is 11.7. The van der Waals surface area contributed by atoms with Crippen molar-refractivity contribution < 1.29 is 27.3 Å². The lowest BCUT2D eigenvalue weighted by Crippen LogP contribution is -2.41. The lowest BCUT2D eigenvalue weighted by atomic mass is 9.95. The highest BCUT2D eigenvalue weighted by Crippen LogP contribution is 2.47. The average Bonchev–Trinajstić information content (AvgIpc) is 2.98. The number of esters is 1. The molecule has 20 heavy (non-hydrogen) atoms. The van der Waals surface area contributed by atoms with Crippen molar-refractivity contribution in [2.75, 3.05) is 6.54 Å². The van der Waals surface area contributed by atoms with Crippen molar-refractivity contribution in [3.05, 3.63) is 12.7 Å². The van der Waals surface area contributed by atoms with E-state index >= 15 is 0 Å². The van der Waals surface area contributed by atoms with Gasteiger partial charge in [-0.2, -0.15) is 4.21 Å². The molecular weight excluding hydrogens is 286 g/mol. The lowest BCUT2D eigenvalue weighted by molar-refractivity contribution is -0.156. The fourth-order valence-electron chi connectivity index (χ4n) is 3.00. The summed E-state index contributed by atoms with van der Waals surface area (Å²) in [5, 5.41) is 2.32. The Morgan fingerprint density at radius 1 is 1.35 bits per heavy atom. The Balaban J connectivity index is 1.89. The predicted octanol–water partition coefficient (Wildman–Crippen LogP) is 0.152. The van der Waals surface area contributed by atoms with E-state index in [9.17, 15) is 13.8 Å². The van der Waals surface area contributed by atoms with E-state index in [1.807, 2.05) is 0 Å². The molecular formula is C12H17NO6S. The zero-order valence-corrected chi connectivity index (χ0v) is 11.6. The normalized spacial score (nSPS) is 32.6. The van der Waals surface area contributed by atoms with Crippen LogP contribution in [0.25, 0.3) is 0 Å². The van der Waals surface area contributed by atoms with E-state index in [2.05, 4.69) is 11.9 Å². The van der Waals surface area contributed by atoms with Gasteiger partial charge in [0.05, 0.1) is 0 Å². The van der Waals surface area contributed by atoms with Crippen LogP contribution in [0.15, 0.2) is 12.7 Å². The van der Waals surface area contributed by atoms with Gasteiger partial charge in [-0.15, -0.1) is 0 Å². The number of hydrogen-bond donors (Lipinski definition) is 2. The average molecular weight is 303 g/mol. The summed E-state index contributed by atoms with van der Waals surface area (Å²) in [6, 6.07) is 0. The van der Waals surface area contributed by atoms with Crippen LogP contribution in [-0.4, -0.2) is 39.4 Å². The van der Waals surface area contributed by atoms with Crippen molar-refractivity contribution in [2.24, 2.45) is 11.8 Å². The van der Waals surface area contributed by atoms with Gasteiger partial charge in [0.25, 0.3) is 0 Å². The summed E-state index contributed by atoms with van der Waals surface area (Å²) in [6.45, 7) is 3.02. The van der Waals surface area contributed by atoms with Crippen LogP contribution < -0.4 is 5.32 Å². The first kappa shape index (κ1) is 15.1. The van der Waals surface area contributed by atoms with Gasteiger partial charge in [0.1, 0.15) is 18.8 Å². The molecule has 2 rings (SSSR count). The quantitative estimate of drug-likeness (QED) is 0.411. The lowest BCUT2D eigenvalue weighted by Gasteiger charge is -2.29. The van der Waals surface area contributed by atoms with Crippen LogP contribution in [0.5, 0.6) is 0 Å². The molecule has 7 nitrogen and oxygen atoms in total. The number of ether oxygens (including phenoxy) is 1. The molecule has 2 bridgehead atoms. The van der Waals surface area contributed by atoms with Crippen molar-refractivity contribution in [3.8, 4) is 0 Å². The van der Waals surface area contributed by atoms with Crippen molar-refractivity contribution >= 4 is 23.2 Å². The molecule has 112 valence electrons. The number of carbonyl (C=O) groups excluding carboxylic acids is 2. The van der Waals surface area contributed by atoms with Crippen molar-refractivity contribution in [1.29, 1.82) is 0 Å². The minimum absolute atomic E-state index is 0.150. The first-order valence-corrected chi connectivity index (χ1v) is 7.42. The third kappa shape index (κ3) is 3.44. The number of hydrogen-bond acceptors (Lipinski definition) is 5. The smallest absolute Gasteiger partial charge is 0.325 e. The van der Waals surface area contributed by atoms with Crippen molar-refractivity contribution in [2.45, 2.75) is 31.5 Å². The molecule has 8 heteroatoms. The number of rotatable bonds is 6. The summed E-state index contributed by atoms with van der Waals surface area (Å²) in [6.07, 6.45) is 2.66. The van der Waals surface area contributed by atoms with Gasteiger partial charge in [-0.3, -0.25) is 18.3 Å². The molecule has 5 atom stereocenters. The highest BCUT2D eigenvalue weighted by atomic mass is 32.2. The second-order valence-electron chi connectivity index (χ2n) is 4.99. The van der Waals surface area contributed by atoms with Crippen molar-refractivity contribution in [1.82, 2.24) is 5.32 Å². The highest BCUT2D eigenvalue weighted by Gasteiger charge is 2.51. The molecule has 2 saturated carbocycles. The summed E-state index contributed by atoms with van der Waals surface area (Å²) in [5.74, 6) is -0.738. The monoisotopic (exact) mass is 303 g/mol. The Kier molecular flexibility index (Phi) is 4.90. The molecule has 2 aliphatic rings. The standard InChI is InChI=1S/C12H17NO6S/c1-2-9(14)13-6-10(15)18-11-7-3-4-8(5-7)12(11)19-20(16)17/h2,7-8,11-12H,1,3-6H2,(H,13,14)(H,16,17). The summed E-state index contributed by atoms with van der Waals surface area (Å²) in [7, 11) is 0. The first-order chi connectivity index (χ1) is 9.51. The van der Waals surface area contributed by atoms with Crippen LogP contribution in [0.2, 0.25) is 0 Å². The fraction of sp³-hybridized carbons (Fsp3) is 0.667. The number of carbonyl (C=O) groups is 2. The Hall–Kier alpha value is -1.25. The van der Waals surface area contributed by atoms with Gasteiger partial charge < -0.3 is 10.1 Å². The summed E-state index contributed by atoms with van der Waals surface area (Å²) < 4.78 is 29.9. The van der Waals surface area contributed by atoms with E-state index in [0.717, 1.165) is 25.3 Å². The second kappa shape index (κ2) is 6.47.